The van der Waals surface area contributed by atoms with E-state index in [1.54, 1.807) is 12.1 Å². The van der Waals surface area contributed by atoms with E-state index in [0.29, 0.717) is 28.3 Å². The third kappa shape index (κ3) is 4.74. The second-order valence-electron chi connectivity index (χ2n) is 5.77. The fourth-order valence-corrected chi connectivity index (χ4v) is 3.49. The van der Waals surface area contributed by atoms with E-state index in [2.05, 4.69) is 10.2 Å². The number of nitrogens with zero attached hydrogens (tertiary/aromatic N) is 3. The standard InChI is InChI=1S/C17H20ClN3O2S/c18-14-7-5-13(6-8-14)16-19-20-17(23-16)24-12-9-15(22)21-10-3-1-2-4-11-21/h5-8H,1-4,9-12H2. The first-order valence-corrected chi connectivity index (χ1v) is 9.59. The van der Waals surface area contributed by atoms with Crippen LogP contribution in [0.15, 0.2) is 33.9 Å². The molecule has 0 bridgehead atoms. The maximum Gasteiger partial charge on any atom is 0.276 e. The highest BCUT2D eigenvalue weighted by molar-refractivity contribution is 7.99. The van der Waals surface area contributed by atoms with Crippen molar-refractivity contribution in [1.82, 2.24) is 15.1 Å². The molecule has 1 aliphatic rings. The van der Waals surface area contributed by atoms with Crippen molar-refractivity contribution >= 4 is 29.3 Å². The molecule has 0 atom stereocenters. The van der Waals surface area contributed by atoms with Crippen LogP contribution in [-0.2, 0) is 4.79 Å². The van der Waals surface area contributed by atoms with Gasteiger partial charge < -0.3 is 9.32 Å². The van der Waals surface area contributed by atoms with Gasteiger partial charge in [0.15, 0.2) is 0 Å². The van der Waals surface area contributed by atoms with Crippen LogP contribution in [0.3, 0.4) is 0 Å². The second-order valence-corrected chi connectivity index (χ2v) is 7.26. The molecule has 2 heterocycles. The van der Waals surface area contributed by atoms with Crippen molar-refractivity contribution in [2.45, 2.75) is 37.3 Å². The molecule has 1 aromatic carbocycles. The molecule has 3 rings (SSSR count). The van der Waals surface area contributed by atoms with Crippen molar-refractivity contribution in [3.05, 3.63) is 29.3 Å². The number of amides is 1. The van der Waals surface area contributed by atoms with E-state index < -0.39 is 0 Å². The summed E-state index contributed by atoms with van der Waals surface area (Å²) >= 11 is 7.29. The van der Waals surface area contributed by atoms with Gasteiger partial charge in [0.1, 0.15) is 0 Å². The van der Waals surface area contributed by atoms with Crippen LogP contribution in [0.25, 0.3) is 11.5 Å². The lowest BCUT2D eigenvalue weighted by Gasteiger charge is -2.19. The molecule has 24 heavy (non-hydrogen) atoms. The summed E-state index contributed by atoms with van der Waals surface area (Å²) < 4.78 is 5.63. The molecule has 1 aromatic heterocycles. The Labute approximate surface area is 150 Å². The van der Waals surface area contributed by atoms with Crippen molar-refractivity contribution < 1.29 is 9.21 Å². The lowest BCUT2D eigenvalue weighted by atomic mass is 10.2. The summed E-state index contributed by atoms with van der Waals surface area (Å²) in [4.78, 5) is 14.2. The number of hydrogen-bond donors (Lipinski definition) is 0. The Morgan fingerprint density at radius 3 is 2.54 bits per heavy atom. The lowest BCUT2D eigenvalue weighted by molar-refractivity contribution is -0.130. The number of carbonyl (C=O) groups excluding carboxylic acids is 1. The second kappa shape index (κ2) is 8.53. The van der Waals surface area contributed by atoms with Crippen LogP contribution in [0.4, 0.5) is 0 Å². The van der Waals surface area contributed by atoms with E-state index >= 15 is 0 Å². The molecule has 128 valence electrons. The lowest BCUT2D eigenvalue weighted by Crippen LogP contribution is -2.31. The van der Waals surface area contributed by atoms with E-state index in [4.69, 9.17) is 16.0 Å². The molecule has 0 saturated carbocycles. The summed E-state index contributed by atoms with van der Waals surface area (Å²) in [5, 5.41) is 9.22. The molecule has 1 fully saturated rings. The predicted molar refractivity (Wildman–Crippen MR) is 95.1 cm³/mol. The number of halogens is 1. The van der Waals surface area contributed by atoms with Gasteiger partial charge in [-0.15, -0.1) is 10.2 Å². The molecule has 2 aromatic rings. The van der Waals surface area contributed by atoms with Gasteiger partial charge in [-0.1, -0.05) is 36.2 Å². The van der Waals surface area contributed by atoms with Crippen LogP contribution in [0.1, 0.15) is 32.1 Å². The largest absolute Gasteiger partial charge is 0.411 e. The summed E-state index contributed by atoms with van der Waals surface area (Å²) in [6.07, 6.45) is 5.20. The molecular weight excluding hydrogens is 346 g/mol. The number of benzene rings is 1. The Morgan fingerprint density at radius 2 is 1.83 bits per heavy atom. The van der Waals surface area contributed by atoms with Crippen LogP contribution < -0.4 is 0 Å². The van der Waals surface area contributed by atoms with Gasteiger partial charge in [0, 0.05) is 35.8 Å². The van der Waals surface area contributed by atoms with Gasteiger partial charge >= 0.3 is 0 Å². The minimum absolute atomic E-state index is 0.224. The van der Waals surface area contributed by atoms with Gasteiger partial charge in [-0.25, -0.2) is 0 Å². The summed E-state index contributed by atoms with van der Waals surface area (Å²) in [6, 6.07) is 7.25. The van der Waals surface area contributed by atoms with E-state index in [9.17, 15) is 4.79 Å². The van der Waals surface area contributed by atoms with Gasteiger partial charge in [-0.3, -0.25) is 4.79 Å². The molecule has 0 unspecified atom stereocenters. The van der Waals surface area contributed by atoms with Crippen molar-refractivity contribution in [1.29, 1.82) is 0 Å². The third-order valence-electron chi connectivity index (χ3n) is 4.00. The quantitative estimate of drug-likeness (QED) is 0.740. The van der Waals surface area contributed by atoms with Gasteiger partial charge in [0.05, 0.1) is 0 Å². The number of thioether (sulfide) groups is 1. The molecule has 0 N–H and O–H groups in total. The number of likely N-dealkylation sites (tertiary alicyclic amines) is 1. The first kappa shape index (κ1) is 17.3. The first-order chi connectivity index (χ1) is 11.7. The Balaban J connectivity index is 1.48. The molecule has 7 heteroatoms. The normalized spacial score (nSPS) is 15.3. The maximum atomic E-state index is 12.2. The fraction of sp³-hybridized carbons (Fsp3) is 0.471. The molecule has 0 spiro atoms. The molecule has 1 saturated heterocycles. The molecule has 5 nitrogen and oxygen atoms in total. The highest BCUT2D eigenvalue weighted by Gasteiger charge is 2.16. The van der Waals surface area contributed by atoms with E-state index in [1.165, 1.54) is 24.6 Å². The number of aromatic nitrogens is 2. The van der Waals surface area contributed by atoms with Gasteiger partial charge in [-0.05, 0) is 37.1 Å². The summed E-state index contributed by atoms with van der Waals surface area (Å²) in [6.45, 7) is 1.79. The van der Waals surface area contributed by atoms with E-state index in [1.807, 2.05) is 17.0 Å². The third-order valence-corrected chi connectivity index (χ3v) is 5.07. The Bertz CT molecular complexity index is 667. The number of hydrogen-bond acceptors (Lipinski definition) is 5. The van der Waals surface area contributed by atoms with Gasteiger partial charge in [0.2, 0.25) is 11.8 Å². The number of carbonyl (C=O) groups is 1. The topological polar surface area (TPSA) is 59.2 Å². The smallest absolute Gasteiger partial charge is 0.276 e. The van der Waals surface area contributed by atoms with Crippen LogP contribution in [0.2, 0.25) is 5.02 Å². The summed E-state index contributed by atoms with van der Waals surface area (Å²) in [7, 11) is 0. The molecule has 1 amide bonds. The van der Waals surface area contributed by atoms with Crippen molar-refractivity contribution in [2.75, 3.05) is 18.8 Å². The zero-order chi connectivity index (χ0) is 16.8. The maximum absolute atomic E-state index is 12.2. The van der Waals surface area contributed by atoms with Crippen LogP contribution in [0.5, 0.6) is 0 Å². The highest BCUT2D eigenvalue weighted by atomic mass is 35.5. The van der Waals surface area contributed by atoms with Crippen molar-refractivity contribution in [3.63, 3.8) is 0 Å². The Kier molecular flexibility index (Phi) is 6.15. The van der Waals surface area contributed by atoms with Crippen molar-refractivity contribution in [2.24, 2.45) is 0 Å². The van der Waals surface area contributed by atoms with Crippen LogP contribution in [0, 0.1) is 0 Å². The average Bonchev–Trinajstić information content (AvgIpc) is 2.89. The first-order valence-electron chi connectivity index (χ1n) is 8.22. The van der Waals surface area contributed by atoms with Crippen LogP contribution >= 0.6 is 23.4 Å². The van der Waals surface area contributed by atoms with Crippen molar-refractivity contribution in [3.8, 4) is 11.5 Å². The Morgan fingerprint density at radius 1 is 1.12 bits per heavy atom. The monoisotopic (exact) mass is 365 g/mol. The Hall–Kier alpha value is -1.53. The van der Waals surface area contributed by atoms with Gasteiger partial charge in [0.25, 0.3) is 5.22 Å². The van der Waals surface area contributed by atoms with Crippen LogP contribution in [-0.4, -0.2) is 39.8 Å². The summed E-state index contributed by atoms with van der Waals surface area (Å²) in [5.41, 5.74) is 0.833. The number of rotatable bonds is 5. The molecular formula is C17H20ClN3O2S. The summed E-state index contributed by atoms with van der Waals surface area (Å²) in [5.74, 6) is 1.34. The zero-order valence-electron chi connectivity index (χ0n) is 13.4. The SMILES string of the molecule is O=C(CCSc1nnc(-c2ccc(Cl)cc2)o1)N1CCCCCC1. The van der Waals surface area contributed by atoms with E-state index in [0.717, 1.165) is 31.5 Å². The fourth-order valence-electron chi connectivity index (χ4n) is 2.68. The molecule has 0 radical (unpaired) electrons. The molecule has 0 aliphatic carbocycles. The highest BCUT2D eigenvalue weighted by Crippen LogP contribution is 2.25. The molecule has 1 aliphatic heterocycles. The van der Waals surface area contributed by atoms with Gasteiger partial charge in [-0.2, -0.15) is 0 Å². The average molecular weight is 366 g/mol. The zero-order valence-corrected chi connectivity index (χ0v) is 15.0. The minimum Gasteiger partial charge on any atom is -0.411 e. The van der Waals surface area contributed by atoms with E-state index in [-0.39, 0.29) is 5.91 Å². The predicted octanol–water partition coefficient (Wildman–Crippen LogP) is 4.27. The minimum atomic E-state index is 0.224.